The summed E-state index contributed by atoms with van der Waals surface area (Å²) in [6, 6.07) is 13.8. The van der Waals surface area contributed by atoms with E-state index in [0.29, 0.717) is 12.1 Å². The lowest BCUT2D eigenvalue weighted by atomic mass is 10.1. The van der Waals surface area contributed by atoms with Crippen molar-refractivity contribution in [1.29, 1.82) is 0 Å². The summed E-state index contributed by atoms with van der Waals surface area (Å²) in [7, 11) is 3.91. The number of amides is 1. The van der Waals surface area contributed by atoms with Crippen LogP contribution >= 0.6 is 0 Å². The van der Waals surface area contributed by atoms with Crippen LogP contribution in [0.25, 0.3) is 11.0 Å². The molecule has 0 fully saturated rings. The molecule has 3 aromatic rings. The Morgan fingerprint density at radius 1 is 1.27 bits per heavy atom. The molecule has 0 saturated heterocycles. The summed E-state index contributed by atoms with van der Waals surface area (Å²) in [6.45, 7) is 3.20. The number of aromatic amines is 1. The predicted octanol–water partition coefficient (Wildman–Crippen LogP) is 2.69. The molecule has 0 saturated carbocycles. The van der Waals surface area contributed by atoms with Crippen LogP contribution < -0.4 is 5.32 Å². The number of hydrogen-bond donors (Lipinski definition) is 2. The van der Waals surface area contributed by atoms with E-state index >= 15 is 0 Å². The zero-order chi connectivity index (χ0) is 18.1. The number of anilines is 1. The fourth-order valence-electron chi connectivity index (χ4n) is 3.38. The highest BCUT2D eigenvalue weighted by atomic mass is 16.2. The molecule has 0 radical (unpaired) electrons. The second-order valence-corrected chi connectivity index (χ2v) is 6.90. The van der Waals surface area contributed by atoms with Gasteiger partial charge in [-0.1, -0.05) is 12.1 Å². The fraction of sp³-hybridized carbons (Fsp3) is 0.300. The average molecular weight is 349 g/mol. The molecule has 2 N–H and O–H groups in total. The van der Waals surface area contributed by atoms with E-state index in [1.807, 2.05) is 49.5 Å². The van der Waals surface area contributed by atoms with Gasteiger partial charge in [0.15, 0.2) is 0 Å². The first-order valence-corrected chi connectivity index (χ1v) is 8.84. The third-order valence-electron chi connectivity index (χ3n) is 4.77. The highest BCUT2D eigenvalue weighted by Gasteiger charge is 2.17. The topological polar surface area (TPSA) is 64.3 Å². The van der Waals surface area contributed by atoms with Gasteiger partial charge in [-0.15, -0.1) is 0 Å². The van der Waals surface area contributed by atoms with Crippen LogP contribution in [0.4, 0.5) is 5.69 Å². The molecule has 6 heteroatoms. The second-order valence-electron chi connectivity index (χ2n) is 6.90. The quantitative estimate of drug-likeness (QED) is 0.763. The van der Waals surface area contributed by atoms with Crippen LogP contribution in [0.3, 0.4) is 0 Å². The van der Waals surface area contributed by atoms with Gasteiger partial charge in [0, 0.05) is 37.9 Å². The van der Waals surface area contributed by atoms with Crippen molar-refractivity contribution in [1.82, 2.24) is 19.8 Å². The summed E-state index contributed by atoms with van der Waals surface area (Å²) in [6.07, 6.45) is 0. The normalized spacial score (nSPS) is 14.5. The van der Waals surface area contributed by atoms with Gasteiger partial charge < -0.3 is 20.1 Å². The number of para-hydroxylation sites is 2. The van der Waals surface area contributed by atoms with Gasteiger partial charge in [-0.25, -0.2) is 4.98 Å². The number of fused-ring (bicyclic) bond motifs is 2. The number of hydrogen-bond acceptors (Lipinski definition) is 4. The van der Waals surface area contributed by atoms with Crippen molar-refractivity contribution in [2.45, 2.75) is 13.1 Å². The molecule has 0 spiro atoms. The van der Waals surface area contributed by atoms with Crippen LogP contribution in [-0.2, 0) is 13.1 Å². The summed E-state index contributed by atoms with van der Waals surface area (Å²) < 4.78 is 0. The van der Waals surface area contributed by atoms with Crippen LogP contribution in [0.15, 0.2) is 42.5 Å². The molecule has 1 aliphatic rings. The zero-order valence-electron chi connectivity index (χ0n) is 15.1. The van der Waals surface area contributed by atoms with E-state index in [1.165, 1.54) is 0 Å². The molecule has 0 atom stereocenters. The van der Waals surface area contributed by atoms with Gasteiger partial charge in [-0.05, 0) is 42.9 Å². The highest BCUT2D eigenvalue weighted by Crippen LogP contribution is 2.22. The fourth-order valence-corrected chi connectivity index (χ4v) is 3.38. The molecular formula is C20H23N5O. The monoisotopic (exact) mass is 349 g/mol. The van der Waals surface area contributed by atoms with E-state index in [9.17, 15) is 4.79 Å². The number of nitrogens with one attached hydrogen (secondary N) is 2. The van der Waals surface area contributed by atoms with E-state index < -0.39 is 0 Å². The molecule has 4 rings (SSSR count). The number of carbonyl (C=O) groups excluding carboxylic acids is 1. The molecular weight excluding hydrogens is 326 g/mol. The van der Waals surface area contributed by atoms with Crippen molar-refractivity contribution in [3.63, 3.8) is 0 Å². The predicted molar refractivity (Wildman–Crippen MR) is 103 cm³/mol. The molecule has 26 heavy (non-hydrogen) atoms. The number of benzene rings is 2. The van der Waals surface area contributed by atoms with Crippen molar-refractivity contribution in [3.05, 3.63) is 59.4 Å². The summed E-state index contributed by atoms with van der Waals surface area (Å²) in [5.41, 5.74) is 4.89. The van der Waals surface area contributed by atoms with Gasteiger partial charge in [0.05, 0.1) is 17.6 Å². The number of aromatic nitrogens is 2. The SMILES string of the molecule is CN1CCNc2ccc(C(=O)N(C)Cc3nc4ccccc4[nH]3)cc2C1. The number of nitrogens with zero attached hydrogens (tertiary/aromatic N) is 3. The Labute approximate surface area is 152 Å². The molecule has 2 heterocycles. The van der Waals surface area contributed by atoms with Gasteiger partial charge in [-0.3, -0.25) is 4.79 Å². The van der Waals surface area contributed by atoms with E-state index in [0.717, 1.165) is 47.7 Å². The minimum absolute atomic E-state index is 0.000145. The smallest absolute Gasteiger partial charge is 0.254 e. The second kappa shape index (κ2) is 6.80. The molecule has 1 aromatic heterocycles. The summed E-state index contributed by atoms with van der Waals surface area (Å²) in [5.74, 6) is 0.790. The zero-order valence-corrected chi connectivity index (χ0v) is 15.1. The van der Waals surface area contributed by atoms with Gasteiger partial charge in [-0.2, -0.15) is 0 Å². The first kappa shape index (κ1) is 16.6. The lowest BCUT2D eigenvalue weighted by Crippen LogP contribution is -2.27. The van der Waals surface area contributed by atoms with E-state index in [2.05, 4.69) is 27.2 Å². The maximum atomic E-state index is 12.9. The maximum absolute atomic E-state index is 12.9. The first-order chi connectivity index (χ1) is 12.6. The summed E-state index contributed by atoms with van der Waals surface area (Å²) >= 11 is 0. The number of rotatable bonds is 3. The Morgan fingerprint density at radius 2 is 2.12 bits per heavy atom. The number of imidazole rings is 1. The van der Waals surface area contributed by atoms with E-state index in [-0.39, 0.29) is 5.91 Å². The van der Waals surface area contributed by atoms with Crippen LogP contribution in [-0.4, -0.2) is 52.9 Å². The Balaban J connectivity index is 1.53. The van der Waals surface area contributed by atoms with Crippen LogP contribution in [0, 0.1) is 0 Å². The average Bonchev–Trinajstić information content (AvgIpc) is 2.94. The van der Waals surface area contributed by atoms with Crippen LogP contribution in [0.2, 0.25) is 0 Å². The minimum Gasteiger partial charge on any atom is -0.383 e. The Bertz CT molecular complexity index is 915. The summed E-state index contributed by atoms with van der Waals surface area (Å²) in [4.78, 5) is 24.7. The molecule has 0 aliphatic carbocycles. The highest BCUT2D eigenvalue weighted by molar-refractivity contribution is 5.94. The van der Waals surface area contributed by atoms with Crippen molar-refractivity contribution >= 4 is 22.6 Å². The van der Waals surface area contributed by atoms with Crippen molar-refractivity contribution in [3.8, 4) is 0 Å². The van der Waals surface area contributed by atoms with E-state index in [1.54, 1.807) is 4.90 Å². The van der Waals surface area contributed by atoms with E-state index in [4.69, 9.17) is 0 Å². The van der Waals surface area contributed by atoms with Gasteiger partial charge >= 0.3 is 0 Å². The van der Waals surface area contributed by atoms with Crippen molar-refractivity contribution < 1.29 is 4.79 Å². The third-order valence-corrected chi connectivity index (χ3v) is 4.77. The molecule has 1 amide bonds. The Kier molecular flexibility index (Phi) is 4.34. The summed E-state index contributed by atoms with van der Waals surface area (Å²) in [5, 5.41) is 3.42. The van der Waals surface area contributed by atoms with Crippen molar-refractivity contribution in [2.75, 3.05) is 32.5 Å². The number of H-pyrrole nitrogens is 1. The minimum atomic E-state index is 0.000145. The van der Waals surface area contributed by atoms with Gasteiger partial charge in [0.25, 0.3) is 5.91 Å². The molecule has 0 bridgehead atoms. The van der Waals surface area contributed by atoms with Crippen LogP contribution in [0.5, 0.6) is 0 Å². The third kappa shape index (κ3) is 3.28. The molecule has 2 aromatic carbocycles. The maximum Gasteiger partial charge on any atom is 0.254 e. The lowest BCUT2D eigenvalue weighted by Gasteiger charge is -2.18. The van der Waals surface area contributed by atoms with Gasteiger partial charge in [0.1, 0.15) is 5.82 Å². The van der Waals surface area contributed by atoms with Crippen molar-refractivity contribution in [2.24, 2.45) is 0 Å². The first-order valence-electron chi connectivity index (χ1n) is 8.84. The Hall–Kier alpha value is -2.86. The van der Waals surface area contributed by atoms with Crippen LogP contribution in [0.1, 0.15) is 21.7 Å². The Morgan fingerprint density at radius 3 is 2.96 bits per heavy atom. The lowest BCUT2D eigenvalue weighted by molar-refractivity contribution is 0.0782. The standard InChI is InChI=1S/C20H23N5O/c1-24-10-9-21-16-8-7-14(11-15(16)12-24)20(26)25(2)13-19-22-17-5-3-4-6-18(17)23-19/h3-8,11,21H,9-10,12-13H2,1-2H3,(H,22,23). The molecule has 0 unspecified atom stereocenters. The molecule has 1 aliphatic heterocycles. The number of carbonyl (C=O) groups is 1. The number of likely N-dealkylation sites (N-methyl/N-ethyl adjacent to an activating group) is 1. The molecule has 134 valence electrons. The van der Waals surface area contributed by atoms with Gasteiger partial charge in [0.2, 0.25) is 0 Å². The molecule has 6 nitrogen and oxygen atoms in total. The largest absolute Gasteiger partial charge is 0.383 e.